The van der Waals surface area contributed by atoms with Crippen molar-refractivity contribution in [3.63, 3.8) is 0 Å². The van der Waals surface area contributed by atoms with Crippen LogP contribution in [0.15, 0.2) is 24.3 Å². The molecule has 1 aliphatic carbocycles. The lowest BCUT2D eigenvalue weighted by molar-refractivity contribution is 0.0488. The van der Waals surface area contributed by atoms with E-state index in [1.807, 2.05) is 4.90 Å². The van der Waals surface area contributed by atoms with Crippen LogP contribution in [0.25, 0.3) is 0 Å². The standard InChI is InChI=1S/C16H21ClN2O2/c17-14-3-1-2-13(10-14)16(21)19-8-6-18(7-9-19)11-15(20)12-4-5-12/h1-3,10,12,15,20H,4-9,11H2. The number of hydrogen-bond donors (Lipinski definition) is 1. The molecule has 1 aromatic carbocycles. The summed E-state index contributed by atoms with van der Waals surface area (Å²) >= 11 is 5.94. The highest BCUT2D eigenvalue weighted by Gasteiger charge is 2.32. The number of nitrogens with zero attached hydrogens (tertiary/aromatic N) is 2. The number of amides is 1. The highest BCUT2D eigenvalue weighted by atomic mass is 35.5. The van der Waals surface area contributed by atoms with Crippen LogP contribution in [0.3, 0.4) is 0 Å². The number of halogens is 1. The van der Waals surface area contributed by atoms with Crippen LogP contribution >= 0.6 is 11.6 Å². The van der Waals surface area contributed by atoms with E-state index in [0.29, 0.717) is 29.6 Å². The van der Waals surface area contributed by atoms with Gasteiger partial charge in [-0.1, -0.05) is 17.7 Å². The number of benzene rings is 1. The lowest BCUT2D eigenvalue weighted by atomic mass is 10.1. The van der Waals surface area contributed by atoms with Gasteiger partial charge >= 0.3 is 0 Å². The van der Waals surface area contributed by atoms with Gasteiger partial charge in [0.2, 0.25) is 0 Å². The van der Waals surface area contributed by atoms with Crippen molar-refractivity contribution < 1.29 is 9.90 Å². The van der Waals surface area contributed by atoms with Gasteiger partial charge < -0.3 is 10.0 Å². The minimum absolute atomic E-state index is 0.0416. The van der Waals surface area contributed by atoms with E-state index in [1.165, 1.54) is 0 Å². The lowest BCUT2D eigenvalue weighted by Crippen LogP contribution is -2.50. The van der Waals surface area contributed by atoms with Crippen LogP contribution in [-0.4, -0.2) is 59.6 Å². The summed E-state index contributed by atoms with van der Waals surface area (Å²) in [6.45, 7) is 3.82. The Hall–Kier alpha value is -1.10. The fourth-order valence-electron chi connectivity index (χ4n) is 2.83. The zero-order chi connectivity index (χ0) is 14.8. The topological polar surface area (TPSA) is 43.8 Å². The summed E-state index contributed by atoms with van der Waals surface area (Å²) in [6, 6.07) is 7.10. The van der Waals surface area contributed by atoms with Crippen LogP contribution < -0.4 is 0 Å². The predicted molar refractivity (Wildman–Crippen MR) is 82.5 cm³/mol. The molecular weight excluding hydrogens is 288 g/mol. The van der Waals surface area contributed by atoms with Gasteiger partial charge in [-0.25, -0.2) is 0 Å². The molecule has 2 fully saturated rings. The molecule has 0 bridgehead atoms. The third kappa shape index (κ3) is 3.76. The van der Waals surface area contributed by atoms with E-state index in [0.717, 1.165) is 32.5 Å². The number of aliphatic hydroxyl groups excluding tert-OH is 1. The van der Waals surface area contributed by atoms with Crippen molar-refractivity contribution in [2.45, 2.75) is 18.9 Å². The summed E-state index contributed by atoms with van der Waals surface area (Å²) in [4.78, 5) is 16.5. The fourth-order valence-corrected chi connectivity index (χ4v) is 3.02. The smallest absolute Gasteiger partial charge is 0.253 e. The fraction of sp³-hybridized carbons (Fsp3) is 0.562. The van der Waals surface area contributed by atoms with Gasteiger partial charge in [-0.05, 0) is 37.0 Å². The normalized spacial score (nSPS) is 21.3. The molecule has 114 valence electrons. The SMILES string of the molecule is O=C(c1cccc(Cl)c1)N1CCN(CC(O)C2CC2)CC1. The highest BCUT2D eigenvalue weighted by Crippen LogP contribution is 2.32. The van der Waals surface area contributed by atoms with Crippen molar-refractivity contribution in [2.75, 3.05) is 32.7 Å². The molecule has 1 saturated heterocycles. The first-order valence-corrected chi connectivity index (χ1v) is 7.96. The van der Waals surface area contributed by atoms with E-state index in [-0.39, 0.29) is 12.0 Å². The number of piperazine rings is 1. The van der Waals surface area contributed by atoms with Crippen molar-refractivity contribution in [2.24, 2.45) is 5.92 Å². The summed E-state index contributed by atoms with van der Waals surface area (Å²) in [7, 11) is 0. The molecular formula is C16H21ClN2O2. The number of aliphatic hydroxyl groups is 1. The number of rotatable bonds is 4. The van der Waals surface area contributed by atoms with E-state index >= 15 is 0 Å². The van der Waals surface area contributed by atoms with Crippen molar-refractivity contribution in [1.29, 1.82) is 0 Å². The van der Waals surface area contributed by atoms with E-state index in [2.05, 4.69) is 4.90 Å². The summed E-state index contributed by atoms with van der Waals surface area (Å²) in [5, 5.41) is 10.6. The van der Waals surface area contributed by atoms with Crippen LogP contribution in [0, 0.1) is 5.92 Å². The third-order valence-electron chi connectivity index (χ3n) is 4.34. The molecule has 1 aromatic rings. The van der Waals surface area contributed by atoms with Crippen LogP contribution in [0.4, 0.5) is 0 Å². The number of carbonyl (C=O) groups is 1. The lowest BCUT2D eigenvalue weighted by Gasteiger charge is -2.35. The summed E-state index contributed by atoms with van der Waals surface area (Å²) < 4.78 is 0. The molecule has 5 heteroatoms. The zero-order valence-corrected chi connectivity index (χ0v) is 12.8. The maximum atomic E-state index is 12.4. The number of carbonyl (C=O) groups excluding carboxylic acids is 1. The Morgan fingerprint density at radius 1 is 1.29 bits per heavy atom. The van der Waals surface area contributed by atoms with Gasteiger partial charge in [-0.15, -0.1) is 0 Å². The van der Waals surface area contributed by atoms with Gasteiger partial charge in [0.15, 0.2) is 0 Å². The van der Waals surface area contributed by atoms with Gasteiger partial charge in [0.25, 0.3) is 5.91 Å². The maximum Gasteiger partial charge on any atom is 0.253 e. The third-order valence-corrected chi connectivity index (χ3v) is 4.58. The maximum absolute atomic E-state index is 12.4. The molecule has 1 unspecified atom stereocenters. The van der Waals surface area contributed by atoms with Crippen LogP contribution in [0.5, 0.6) is 0 Å². The van der Waals surface area contributed by atoms with E-state index in [1.54, 1.807) is 24.3 Å². The second-order valence-corrected chi connectivity index (χ2v) is 6.44. The Morgan fingerprint density at radius 2 is 2.00 bits per heavy atom. The minimum Gasteiger partial charge on any atom is -0.392 e. The molecule has 3 rings (SSSR count). The van der Waals surface area contributed by atoms with Gasteiger partial charge in [0.1, 0.15) is 0 Å². The molecule has 1 atom stereocenters. The van der Waals surface area contributed by atoms with Crippen molar-refractivity contribution in [1.82, 2.24) is 9.80 Å². The first kappa shape index (κ1) is 14.8. The van der Waals surface area contributed by atoms with E-state index in [4.69, 9.17) is 11.6 Å². The predicted octanol–water partition coefficient (Wildman–Crippen LogP) is 1.87. The first-order valence-electron chi connectivity index (χ1n) is 7.59. The summed E-state index contributed by atoms with van der Waals surface area (Å²) in [6.07, 6.45) is 2.13. The number of β-amino-alcohol motifs (C(OH)–C–C–N with tert-alkyl or cyclic N) is 1. The van der Waals surface area contributed by atoms with E-state index < -0.39 is 0 Å². The Morgan fingerprint density at radius 3 is 2.62 bits per heavy atom. The van der Waals surface area contributed by atoms with E-state index in [9.17, 15) is 9.90 Å². The zero-order valence-electron chi connectivity index (χ0n) is 12.0. The molecule has 4 nitrogen and oxygen atoms in total. The second-order valence-electron chi connectivity index (χ2n) is 6.01. The van der Waals surface area contributed by atoms with Crippen LogP contribution in [0.2, 0.25) is 5.02 Å². The molecule has 2 aliphatic rings. The molecule has 0 spiro atoms. The molecule has 1 amide bonds. The summed E-state index contributed by atoms with van der Waals surface area (Å²) in [5.41, 5.74) is 0.647. The average molecular weight is 309 g/mol. The van der Waals surface area contributed by atoms with Gasteiger partial charge in [0, 0.05) is 43.3 Å². The Kier molecular flexibility index (Phi) is 4.48. The second kappa shape index (κ2) is 6.34. The van der Waals surface area contributed by atoms with Crippen molar-refractivity contribution >= 4 is 17.5 Å². The molecule has 0 aromatic heterocycles. The molecule has 1 aliphatic heterocycles. The van der Waals surface area contributed by atoms with Gasteiger partial charge in [-0.2, -0.15) is 0 Å². The molecule has 1 N–H and O–H groups in total. The average Bonchev–Trinajstić information content (AvgIpc) is 3.32. The van der Waals surface area contributed by atoms with Crippen molar-refractivity contribution in [3.8, 4) is 0 Å². The molecule has 1 saturated carbocycles. The van der Waals surface area contributed by atoms with Crippen LogP contribution in [0.1, 0.15) is 23.2 Å². The molecule has 0 radical (unpaired) electrons. The monoisotopic (exact) mass is 308 g/mol. The summed E-state index contributed by atoms with van der Waals surface area (Å²) in [5.74, 6) is 0.552. The Bertz CT molecular complexity index is 511. The van der Waals surface area contributed by atoms with Gasteiger partial charge in [0.05, 0.1) is 6.10 Å². The first-order chi connectivity index (χ1) is 10.1. The highest BCUT2D eigenvalue weighted by molar-refractivity contribution is 6.30. The molecule has 1 heterocycles. The van der Waals surface area contributed by atoms with Crippen LogP contribution in [-0.2, 0) is 0 Å². The Balaban J connectivity index is 1.51. The quantitative estimate of drug-likeness (QED) is 0.923. The van der Waals surface area contributed by atoms with Gasteiger partial charge in [-0.3, -0.25) is 9.69 Å². The van der Waals surface area contributed by atoms with Crippen molar-refractivity contribution in [3.05, 3.63) is 34.9 Å². The number of hydrogen-bond acceptors (Lipinski definition) is 3. The largest absolute Gasteiger partial charge is 0.392 e. The minimum atomic E-state index is -0.194. The molecule has 21 heavy (non-hydrogen) atoms. The Labute approximate surface area is 130 Å².